The highest BCUT2D eigenvalue weighted by Crippen LogP contribution is 2.10. The van der Waals surface area contributed by atoms with Gasteiger partial charge in [-0.2, -0.15) is 0 Å². The maximum absolute atomic E-state index is 11.7. The molecule has 1 aromatic heterocycles. The minimum Gasteiger partial charge on any atom is -0.348 e. The Kier molecular flexibility index (Phi) is 6.76. The average molecular weight is 258 g/mol. The molecule has 1 amide bonds. The zero-order valence-electron chi connectivity index (χ0n) is 10.4. The predicted molar refractivity (Wildman–Crippen MR) is 70.9 cm³/mol. The minimum absolute atomic E-state index is 0. The van der Waals surface area contributed by atoms with Crippen molar-refractivity contribution in [3.8, 4) is 0 Å². The van der Waals surface area contributed by atoms with E-state index in [-0.39, 0.29) is 30.3 Å². The van der Waals surface area contributed by atoms with E-state index in [0.29, 0.717) is 0 Å². The highest BCUT2D eigenvalue weighted by molar-refractivity contribution is 5.85. The number of halogens is 1. The summed E-state index contributed by atoms with van der Waals surface area (Å²) in [6.45, 7) is 5.78. The van der Waals surface area contributed by atoms with Crippen molar-refractivity contribution in [3.05, 3.63) is 30.1 Å². The van der Waals surface area contributed by atoms with Gasteiger partial charge in [0.15, 0.2) is 0 Å². The van der Waals surface area contributed by atoms with Crippen LogP contribution in [0.5, 0.6) is 0 Å². The topological polar surface area (TPSA) is 68.0 Å². The molecule has 1 unspecified atom stereocenters. The van der Waals surface area contributed by atoms with E-state index in [1.165, 1.54) is 0 Å². The van der Waals surface area contributed by atoms with Crippen LogP contribution >= 0.6 is 12.4 Å². The van der Waals surface area contributed by atoms with Gasteiger partial charge in [0.2, 0.25) is 5.91 Å². The summed E-state index contributed by atoms with van der Waals surface area (Å²) in [5.41, 5.74) is 6.74. The quantitative estimate of drug-likeness (QED) is 0.862. The fourth-order valence-electron chi connectivity index (χ4n) is 1.33. The Morgan fingerprint density at radius 2 is 2.06 bits per heavy atom. The summed E-state index contributed by atoms with van der Waals surface area (Å²) in [5, 5.41) is 2.87. The zero-order valence-corrected chi connectivity index (χ0v) is 11.2. The molecule has 1 rings (SSSR count). The number of hydrogen-bond acceptors (Lipinski definition) is 3. The van der Waals surface area contributed by atoms with Crippen LogP contribution in [0.2, 0.25) is 0 Å². The number of pyridine rings is 1. The number of amides is 1. The molecule has 3 N–H and O–H groups in total. The van der Waals surface area contributed by atoms with Gasteiger partial charge in [0.25, 0.3) is 0 Å². The van der Waals surface area contributed by atoms with E-state index < -0.39 is 6.04 Å². The van der Waals surface area contributed by atoms with E-state index in [0.717, 1.165) is 5.56 Å². The van der Waals surface area contributed by atoms with Gasteiger partial charge in [-0.05, 0) is 24.5 Å². The molecular weight excluding hydrogens is 238 g/mol. The van der Waals surface area contributed by atoms with Crippen molar-refractivity contribution in [1.82, 2.24) is 10.3 Å². The highest BCUT2D eigenvalue weighted by Gasteiger charge is 2.19. The van der Waals surface area contributed by atoms with E-state index in [2.05, 4.69) is 10.3 Å². The lowest BCUT2D eigenvalue weighted by atomic mass is 10.0. The summed E-state index contributed by atoms with van der Waals surface area (Å²) in [7, 11) is 0. The number of rotatable bonds is 4. The molecule has 0 bridgehead atoms. The molecule has 96 valence electrons. The van der Waals surface area contributed by atoms with E-state index >= 15 is 0 Å². The molecule has 0 aliphatic heterocycles. The molecule has 5 heteroatoms. The Morgan fingerprint density at radius 1 is 1.41 bits per heavy atom. The maximum atomic E-state index is 11.7. The van der Waals surface area contributed by atoms with Crippen LogP contribution in [0.25, 0.3) is 0 Å². The number of carbonyl (C=O) groups excluding carboxylic acids is 1. The summed E-state index contributed by atoms with van der Waals surface area (Å²) in [6.07, 6.45) is 3.45. The minimum atomic E-state index is -0.459. The third-order valence-corrected chi connectivity index (χ3v) is 2.56. The van der Waals surface area contributed by atoms with Gasteiger partial charge in [-0.1, -0.05) is 19.9 Å². The molecule has 0 radical (unpaired) electrons. The van der Waals surface area contributed by atoms with Crippen molar-refractivity contribution < 1.29 is 4.79 Å². The third-order valence-electron chi connectivity index (χ3n) is 2.56. The Labute approximate surface area is 108 Å². The second-order valence-electron chi connectivity index (χ2n) is 4.29. The Bertz CT molecular complexity index is 343. The fraction of sp³-hybridized carbons (Fsp3) is 0.500. The summed E-state index contributed by atoms with van der Waals surface area (Å²) >= 11 is 0. The molecule has 1 aromatic rings. The van der Waals surface area contributed by atoms with Crippen molar-refractivity contribution in [1.29, 1.82) is 0 Å². The summed E-state index contributed by atoms with van der Waals surface area (Å²) in [5.74, 6) is 0.0208. The summed E-state index contributed by atoms with van der Waals surface area (Å²) in [6, 6.07) is 3.25. The number of nitrogens with one attached hydrogen (secondary N) is 1. The van der Waals surface area contributed by atoms with Crippen LogP contribution < -0.4 is 11.1 Å². The Hall–Kier alpha value is -1.13. The monoisotopic (exact) mass is 257 g/mol. The second kappa shape index (κ2) is 7.25. The van der Waals surface area contributed by atoms with Crippen molar-refractivity contribution in [2.24, 2.45) is 11.7 Å². The molecule has 0 saturated heterocycles. The standard InChI is InChI=1S/C12H19N3O.ClH/c1-8(2)11(13)12(16)15-9(3)10-5-4-6-14-7-10;/h4-9,11H,13H2,1-3H3,(H,15,16);1H/t9?,11-;/m0./s1. The third kappa shape index (κ3) is 4.71. The maximum Gasteiger partial charge on any atom is 0.237 e. The van der Waals surface area contributed by atoms with Crippen LogP contribution in [-0.4, -0.2) is 16.9 Å². The molecule has 0 spiro atoms. The molecule has 0 saturated carbocycles. The number of aromatic nitrogens is 1. The van der Waals surface area contributed by atoms with E-state index in [1.54, 1.807) is 12.4 Å². The normalized spacial score (nSPS) is 13.7. The van der Waals surface area contributed by atoms with Gasteiger partial charge < -0.3 is 11.1 Å². The van der Waals surface area contributed by atoms with Crippen LogP contribution in [-0.2, 0) is 4.79 Å². The average Bonchev–Trinajstić information content (AvgIpc) is 2.28. The van der Waals surface area contributed by atoms with Gasteiger partial charge in [0.05, 0.1) is 12.1 Å². The first-order chi connectivity index (χ1) is 7.52. The molecule has 1 heterocycles. The van der Waals surface area contributed by atoms with Gasteiger partial charge in [-0.15, -0.1) is 12.4 Å². The first kappa shape index (κ1) is 15.9. The van der Waals surface area contributed by atoms with Crippen LogP contribution in [0.4, 0.5) is 0 Å². The number of nitrogens with zero attached hydrogens (tertiary/aromatic N) is 1. The first-order valence-corrected chi connectivity index (χ1v) is 5.48. The molecule has 2 atom stereocenters. The molecule has 0 fully saturated rings. The number of hydrogen-bond donors (Lipinski definition) is 2. The largest absolute Gasteiger partial charge is 0.348 e. The molecule has 17 heavy (non-hydrogen) atoms. The van der Waals surface area contributed by atoms with Crippen molar-refractivity contribution >= 4 is 18.3 Å². The van der Waals surface area contributed by atoms with Crippen molar-refractivity contribution in [3.63, 3.8) is 0 Å². The van der Waals surface area contributed by atoms with Crippen molar-refractivity contribution in [2.45, 2.75) is 32.9 Å². The van der Waals surface area contributed by atoms with Crippen LogP contribution in [0, 0.1) is 5.92 Å². The van der Waals surface area contributed by atoms with Gasteiger partial charge in [-0.25, -0.2) is 0 Å². The number of carbonyl (C=O) groups is 1. The number of nitrogens with two attached hydrogens (primary N) is 1. The van der Waals surface area contributed by atoms with Gasteiger partial charge in [0, 0.05) is 12.4 Å². The molecule has 0 aromatic carbocycles. The fourth-order valence-corrected chi connectivity index (χ4v) is 1.33. The Morgan fingerprint density at radius 3 is 2.53 bits per heavy atom. The Balaban J connectivity index is 0.00000256. The molecule has 0 aliphatic rings. The van der Waals surface area contributed by atoms with Crippen molar-refractivity contribution in [2.75, 3.05) is 0 Å². The molecule has 0 aliphatic carbocycles. The summed E-state index contributed by atoms with van der Waals surface area (Å²) in [4.78, 5) is 15.7. The highest BCUT2D eigenvalue weighted by atomic mass is 35.5. The lowest BCUT2D eigenvalue weighted by molar-refractivity contribution is -0.123. The van der Waals surface area contributed by atoms with E-state index in [9.17, 15) is 4.79 Å². The van der Waals surface area contributed by atoms with Crippen LogP contribution in [0.1, 0.15) is 32.4 Å². The second-order valence-corrected chi connectivity index (χ2v) is 4.29. The van der Waals surface area contributed by atoms with Gasteiger partial charge in [-0.3, -0.25) is 9.78 Å². The molecule has 4 nitrogen and oxygen atoms in total. The zero-order chi connectivity index (χ0) is 12.1. The lowest BCUT2D eigenvalue weighted by Gasteiger charge is -2.19. The SMILES string of the molecule is CC(NC(=O)[C@@H](N)C(C)C)c1cccnc1.Cl. The summed E-state index contributed by atoms with van der Waals surface area (Å²) < 4.78 is 0. The lowest BCUT2D eigenvalue weighted by Crippen LogP contribution is -2.44. The van der Waals surface area contributed by atoms with Crippen LogP contribution in [0.15, 0.2) is 24.5 Å². The van der Waals surface area contributed by atoms with Gasteiger partial charge >= 0.3 is 0 Å². The van der Waals surface area contributed by atoms with Crippen LogP contribution in [0.3, 0.4) is 0 Å². The first-order valence-electron chi connectivity index (χ1n) is 5.48. The predicted octanol–water partition coefficient (Wildman–Crippen LogP) is 1.66. The van der Waals surface area contributed by atoms with Gasteiger partial charge in [0.1, 0.15) is 0 Å². The smallest absolute Gasteiger partial charge is 0.237 e. The van der Waals surface area contributed by atoms with E-state index in [4.69, 9.17) is 5.73 Å². The van der Waals surface area contributed by atoms with E-state index in [1.807, 2.05) is 32.9 Å². The molecular formula is C12H20ClN3O.